The highest BCUT2D eigenvalue weighted by atomic mass is 35.5. The number of alkyl carbamates (subject to hydrolysis) is 1. The maximum absolute atomic E-state index is 11.0. The topological polar surface area (TPSA) is 100 Å². The molecule has 0 radical (unpaired) electrons. The Morgan fingerprint density at radius 2 is 1.57 bits per heavy atom. The first kappa shape index (κ1) is 29.2. The molecule has 21 heavy (non-hydrogen) atoms. The molecule has 0 aliphatic rings. The van der Waals surface area contributed by atoms with Crippen LogP contribution in [0.4, 0.5) is 4.79 Å². The largest absolute Gasteiger partial charge is 1.00 e. The van der Waals surface area contributed by atoms with Crippen LogP contribution in [0.3, 0.4) is 0 Å². The Hall–Kier alpha value is 0.110. The average molecular weight is 387 g/mol. The highest BCUT2D eigenvalue weighted by molar-refractivity contribution is 7.84. The minimum absolute atomic E-state index is 0. The molecule has 0 saturated carbocycles. The van der Waals surface area contributed by atoms with Crippen molar-refractivity contribution in [1.29, 1.82) is 0 Å². The molecule has 0 bridgehead atoms. The Kier molecular flexibility index (Phi) is 22.9. The Morgan fingerprint density at radius 3 is 1.81 bits per heavy atom. The fourth-order valence-electron chi connectivity index (χ4n) is 0.814. The van der Waals surface area contributed by atoms with Crippen molar-refractivity contribution in [1.82, 2.24) is 5.32 Å². The Labute approximate surface area is 145 Å². The second-order valence-corrected chi connectivity index (χ2v) is 7.95. The van der Waals surface area contributed by atoms with Crippen LogP contribution in [0.2, 0.25) is 0 Å². The van der Waals surface area contributed by atoms with Crippen LogP contribution in [0.5, 0.6) is 0 Å². The Balaban J connectivity index is -0.000000156. The standard InChI is InChI=1S/C8H17NO3S.C3H9NOS.2ClH/c1-8(2,3)12-7(10)9-5-6-13(4)11;1-6(5)3-2-4;;/h5-6H2,1-4H3,(H,9,10);2-4H2,1H3;2*1H. The second-order valence-electron chi connectivity index (χ2n) is 4.84. The van der Waals surface area contributed by atoms with E-state index in [2.05, 4.69) is 11.1 Å². The maximum atomic E-state index is 11.0. The van der Waals surface area contributed by atoms with Crippen molar-refractivity contribution in [3.63, 3.8) is 0 Å². The van der Waals surface area contributed by atoms with Crippen molar-refractivity contribution in [3.05, 3.63) is 0 Å². The number of nitrogens with one attached hydrogen (secondary N) is 1. The van der Waals surface area contributed by atoms with Gasteiger partial charge in [0.25, 0.3) is 0 Å². The minimum Gasteiger partial charge on any atom is -1.00 e. The van der Waals surface area contributed by atoms with Crippen molar-refractivity contribution >= 4 is 40.1 Å². The summed E-state index contributed by atoms with van der Waals surface area (Å²) in [6, 6.07) is 0. The molecule has 0 heterocycles. The van der Waals surface area contributed by atoms with Gasteiger partial charge in [0.05, 0.1) is 12.3 Å². The highest BCUT2D eigenvalue weighted by Gasteiger charge is 2.15. The molecule has 132 valence electrons. The summed E-state index contributed by atoms with van der Waals surface area (Å²) in [4.78, 5) is 11.0. The summed E-state index contributed by atoms with van der Waals surface area (Å²) in [6.07, 6.45) is 2.82. The lowest BCUT2D eigenvalue weighted by Gasteiger charge is -2.19. The zero-order valence-corrected chi connectivity index (χ0v) is 16.5. The van der Waals surface area contributed by atoms with E-state index in [9.17, 15) is 13.2 Å². The van der Waals surface area contributed by atoms with Crippen molar-refractivity contribution in [2.24, 2.45) is 0 Å². The van der Waals surface area contributed by atoms with E-state index < -0.39 is 33.3 Å². The van der Waals surface area contributed by atoms with Crippen molar-refractivity contribution in [3.8, 4) is 0 Å². The summed E-state index contributed by atoms with van der Waals surface area (Å²) >= 11 is 0. The molecule has 0 aromatic rings. The summed E-state index contributed by atoms with van der Waals surface area (Å²) in [7, 11) is -1.50. The molecule has 0 saturated heterocycles. The molecule has 0 rings (SSSR count). The molecule has 0 aromatic carbocycles. The van der Waals surface area contributed by atoms with Gasteiger partial charge in [-0.05, 0) is 20.8 Å². The lowest BCUT2D eigenvalue weighted by atomic mass is 10.2. The minimum atomic E-state index is -0.875. The third-order valence-corrected chi connectivity index (χ3v) is 3.13. The van der Waals surface area contributed by atoms with E-state index >= 15 is 0 Å². The molecule has 4 N–H and O–H groups in total. The van der Waals surface area contributed by atoms with Crippen LogP contribution in [0, 0.1) is 0 Å². The number of quaternary nitrogens is 1. The second kappa shape index (κ2) is 16.5. The third kappa shape index (κ3) is 33.1. The zero-order chi connectivity index (χ0) is 15.5. The van der Waals surface area contributed by atoms with Gasteiger partial charge in [0.2, 0.25) is 0 Å². The molecule has 6 nitrogen and oxygen atoms in total. The molecule has 0 aliphatic heterocycles. The number of halogens is 2. The number of rotatable bonds is 5. The molecular formula is C11H28Cl2N2O4S2. The molecule has 2 unspecified atom stereocenters. The van der Waals surface area contributed by atoms with Crippen LogP contribution in [-0.2, 0) is 26.3 Å². The SMILES string of the molecule is CS(=O)CCNC(=O)OC(C)(C)C.CS(=O)CC[NH3+].Cl.[Cl-]. The van der Waals surface area contributed by atoms with E-state index in [1.54, 1.807) is 33.3 Å². The van der Waals surface area contributed by atoms with Gasteiger partial charge in [-0.15, -0.1) is 12.4 Å². The van der Waals surface area contributed by atoms with E-state index in [1.807, 2.05) is 0 Å². The van der Waals surface area contributed by atoms with Gasteiger partial charge in [-0.2, -0.15) is 0 Å². The summed E-state index contributed by atoms with van der Waals surface area (Å²) in [5, 5.41) is 2.52. The normalized spacial score (nSPS) is 12.5. The van der Waals surface area contributed by atoms with Gasteiger partial charge in [0, 0.05) is 46.4 Å². The Bertz CT molecular complexity index is 313. The number of hydrogen-bond donors (Lipinski definition) is 2. The van der Waals surface area contributed by atoms with Gasteiger partial charge in [0.1, 0.15) is 5.60 Å². The fourth-order valence-corrected chi connectivity index (χ4v) is 1.61. The smallest absolute Gasteiger partial charge is 0.407 e. The van der Waals surface area contributed by atoms with E-state index in [0.29, 0.717) is 12.3 Å². The first-order valence-electron chi connectivity index (χ1n) is 5.94. The summed E-state index contributed by atoms with van der Waals surface area (Å²) in [6.45, 7) is 6.56. The molecule has 1 amide bonds. The van der Waals surface area contributed by atoms with Gasteiger partial charge in [-0.3, -0.25) is 8.42 Å². The quantitative estimate of drug-likeness (QED) is 0.523. The van der Waals surface area contributed by atoms with E-state index in [0.717, 1.165) is 12.3 Å². The summed E-state index contributed by atoms with van der Waals surface area (Å²) in [5.74, 6) is 1.19. The molecule has 10 heteroatoms. The van der Waals surface area contributed by atoms with Gasteiger partial charge in [-0.25, -0.2) is 4.79 Å². The van der Waals surface area contributed by atoms with E-state index in [1.165, 1.54) is 0 Å². The van der Waals surface area contributed by atoms with Crippen LogP contribution in [0.25, 0.3) is 0 Å². The monoisotopic (exact) mass is 386 g/mol. The predicted molar refractivity (Wildman–Crippen MR) is 87.1 cm³/mol. The molecule has 2 atom stereocenters. The Morgan fingerprint density at radius 1 is 1.14 bits per heavy atom. The van der Waals surface area contributed by atoms with Gasteiger partial charge in [0.15, 0.2) is 0 Å². The molecule has 0 fully saturated rings. The lowest BCUT2D eigenvalue weighted by Crippen LogP contribution is -3.00. The maximum Gasteiger partial charge on any atom is 0.407 e. The molecule has 0 aromatic heterocycles. The number of carbonyl (C=O) groups excluding carboxylic acids is 1. The number of hydrogen-bond acceptors (Lipinski definition) is 4. The third-order valence-electron chi connectivity index (χ3n) is 1.49. The van der Waals surface area contributed by atoms with Crippen LogP contribution in [-0.4, -0.2) is 57.2 Å². The van der Waals surface area contributed by atoms with Crippen molar-refractivity contribution < 1.29 is 36.1 Å². The molecular weight excluding hydrogens is 359 g/mol. The summed E-state index contributed by atoms with van der Waals surface area (Å²) < 4.78 is 25.7. The predicted octanol–water partition coefficient (Wildman–Crippen LogP) is -3.08. The average Bonchev–Trinajstić information content (AvgIpc) is 2.14. The lowest BCUT2D eigenvalue weighted by molar-refractivity contribution is -0.360. The van der Waals surface area contributed by atoms with Gasteiger partial charge < -0.3 is 28.2 Å². The highest BCUT2D eigenvalue weighted by Crippen LogP contribution is 2.05. The zero-order valence-electron chi connectivity index (χ0n) is 13.3. The van der Waals surface area contributed by atoms with Gasteiger partial charge in [-0.1, -0.05) is 0 Å². The molecule has 0 aliphatic carbocycles. The van der Waals surface area contributed by atoms with Crippen LogP contribution >= 0.6 is 12.4 Å². The van der Waals surface area contributed by atoms with Crippen LogP contribution in [0.15, 0.2) is 0 Å². The number of amides is 1. The number of carbonyl (C=O) groups is 1. The first-order valence-corrected chi connectivity index (χ1v) is 9.40. The van der Waals surface area contributed by atoms with Crippen LogP contribution < -0.4 is 23.5 Å². The van der Waals surface area contributed by atoms with E-state index in [4.69, 9.17) is 4.74 Å². The first-order chi connectivity index (χ1) is 8.58. The molecule has 0 spiro atoms. The van der Waals surface area contributed by atoms with Crippen molar-refractivity contribution in [2.75, 3.05) is 37.1 Å². The van der Waals surface area contributed by atoms with Gasteiger partial charge >= 0.3 is 6.09 Å². The number of ether oxygens (including phenoxy) is 1. The van der Waals surface area contributed by atoms with Crippen LogP contribution in [0.1, 0.15) is 20.8 Å². The fraction of sp³-hybridized carbons (Fsp3) is 0.909. The van der Waals surface area contributed by atoms with E-state index in [-0.39, 0.29) is 24.8 Å². The van der Waals surface area contributed by atoms with Crippen molar-refractivity contribution in [2.45, 2.75) is 26.4 Å². The summed E-state index contributed by atoms with van der Waals surface area (Å²) in [5.41, 5.74) is 3.06.